The summed E-state index contributed by atoms with van der Waals surface area (Å²) in [6, 6.07) is 11.4. The zero-order chi connectivity index (χ0) is 27.6. The highest BCUT2D eigenvalue weighted by Gasteiger charge is 2.31. The van der Waals surface area contributed by atoms with Gasteiger partial charge in [-0.05, 0) is 86.6 Å². The molecule has 2 aliphatic rings. The minimum Gasteiger partial charge on any atom is -0.497 e. The van der Waals surface area contributed by atoms with Crippen molar-refractivity contribution in [2.75, 3.05) is 37.9 Å². The van der Waals surface area contributed by atoms with Crippen LogP contribution in [0.1, 0.15) is 56.8 Å². The van der Waals surface area contributed by atoms with Gasteiger partial charge in [0.05, 0.1) is 19.8 Å². The summed E-state index contributed by atoms with van der Waals surface area (Å²) in [7, 11) is -0.834. The number of thiophene rings is 1. The van der Waals surface area contributed by atoms with Crippen molar-refractivity contribution in [2.24, 2.45) is 0 Å². The van der Waals surface area contributed by atoms with E-state index < -0.39 is 15.9 Å². The number of anilines is 2. The smallest absolute Gasteiger partial charge is 0.258 e. The molecule has 3 aromatic rings. The Morgan fingerprint density at radius 3 is 2.28 bits per heavy atom. The van der Waals surface area contributed by atoms with Crippen molar-refractivity contribution < 1.29 is 27.5 Å². The molecule has 2 heterocycles. The summed E-state index contributed by atoms with van der Waals surface area (Å²) < 4.78 is 38.5. The minimum atomic E-state index is -3.82. The highest BCUT2D eigenvalue weighted by Crippen LogP contribution is 2.39. The van der Waals surface area contributed by atoms with Crippen molar-refractivity contribution in [1.82, 2.24) is 4.31 Å². The fourth-order valence-corrected chi connectivity index (χ4v) is 8.00. The van der Waals surface area contributed by atoms with Gasteiger partial charge in [0.1, 0.15) is 21.4 Å². The first kappa shape index (κ1) is 27.2. The number of carbonyl (C=O) groups is 2. The number of sulfonamides is 1. The Morgan fingerprint density at radius 1 is 0.872 bits per heavy atom. The first-order chi connectivity index (χ1) is 18.8. The molecule has 1 fully saturated rings. The number of nitrogens with zero attached hydrogens (tertiary/aromatic N) is 1. The maximum absolute atomic E-state index is 13.5. The van der Waals surface area contributed by atoms with Gasteiger partial charge in [-0.2, -0.15) is 4.31 Å². The first-order valence-electron chi connectivity index (χ1n) is 12.9. The second kappa shape index (κ2) is 11.4. The molecule has 11 heteroatoms. The lowest BCUT2D eigenvalue weighted by atomic mass is 9.95. The van der Waals surface area contributed by atoms with Gasteiger partial charge in [-0.15, -0.1) is 11.3 Å². The van der Waals surface area contributed by atoms with E-state index in [1.807, 2.05) is 0 Å². The number of aryl methyl sites for hydroxylation is 1. The van der Waals surface area contributed by atoms with Gasteiger partial charge in [0, 0.05) is 29.2 Å². The molecule has 1 aliphatic heterocycles. The van der Waals surface area contributed by atoms with Crippen molar-refractivity contribution in [2.45, 2.75) is 43.4 Å². The molecule has 2 aromatic carbocycles. The molecule has 0 radical (unpaired) electrons. The van der Waals surface area contributed by atoms with E-state index in [0.29, 0.717) is 35.1 Å². The highest BCUT2D eigenvalue weighted by molar-refractivity contribution is 7.89. The summed E-state index contributed by atoms with van der Waals surface area (Å²) in [6.45, 7) is 0.880. The van der Waals surface area contributed by atoms with Crippen molar-refractivity contribution >= 4 is 43.9 Å². The van der Waals surface area contributed by atoms with Crippen LogP contribution >= 0.6 is 11.3 Å². The molecule has 0 unspecified atom stereocenters. The lowest BCUT2D eigenvalue weighted by Crippen LogP contribution is -2.28. The van der Waals surface area contributed by atoms with Gasteiger partial charge in [-0.25, -0.2) is 8.42 Å². The molecule has 0 atom stereocenters. The number of hydrogen-bond donors (Lipinski definition) is 2. The second-order valence-corrected chi connectivity index (χ2v) is 12.5. The third kappa shape index (κ3) is 5.52. The number of rotatable bonds is 8. The second-order valence-electron chi connectivity index (χ2n) is 9.53. The standard InChI is InChI=1S/C28H31N3O6S2/c1-36-20-12-10-19(11-13-20)29-27(33)25-21-7-3-4-8-23(21)38-28(25)30-26(32)18-9-14-22(37-2)24(17-18)39(34,35)31-15-5-6-16-31/h9-14,17H,3-8,15-16H2,1-2H3,(H,29,33)(H,30,32). The van der Waals surface area contributed by atoms with Crippen LogP contribution < -0.4 is 20.1 Å². The summed E-state index contributed by atoms with van der Waals surface area (Å²) in [5.74, 6) is 0.0681. The fourth-order valence-electron chi connectivity index (χ4n) is 5.02. The third-order valence-corrected chi connectivity index (χ3v) is 10.2. The van der Waals surface area contributed by atoms with E-state index >= 15 is 0 Å². The maximum Gasteiger partial charge on any atom is 0.258 e. The number of hydrogen-bond acceptors (Lipinski definition) is 7. The Bertz CT molecular complexity index is 1490. The monoisotopic (exact) mass is 569 g/mol. The Kier molecular flexibility index (Phi) is 7.92. The molecule has 1 aliphatic carbocycles. The first-order valence-corrected chi connectivity index (χ1v) is 15.2. The molecule has 206 valence electrons. The molecule has 5 rings (SSSR count). The number of carbonyl (C=O) groups excluding carboxylic acids is 2. The lowest BCUT2D eigenvalue weighted by molar-refractivity contribution is 0.102. The molecule has 0 saturated carbocycles. The van der Waals surface area contributed by atoms with Crippen LogP contribution in [-0.4, -0.2) is 51.8 Å². The molecule has 9 nitrogen and oxygen atoms in total. The van der Waals surface area contributed by atoms with Crippen LogP contribution in [0.2, 0.25) is 0 Å². The molecule has 2 amide bonds. The van der Waals surface area contributed by atoms with Crippen LogP contribution in [0, 0.1) is 0 Å². The maximum atomic E-state index is 13.5. The summed E-state index contributed by atoms with van der Waals surface area (Å²) >= 11 is 1.40. The van der Waals surface area contributed by atoms with Gasteiger partial charge in [-0.1, -0.05) is 0 Å². The van der Waals surface area contributed by atoms with E-state index in [9.17, 15) is 18.0 Å². The van der Waals surface area contributed by atoms with Gasteiger partial charge < -0.3 is 20.1 Å². The molecule has 0 spiro atoms. The number of benzene rings is 2. The van der Waals surface area contributed by atoms with Crippen LogP contribution in [0.25, 0.3) is 0 Å². The van der Waals surface area contributed by atoms with Gasteiger partial charge in [0.15, 0.2) is 0 Å². The normalized spacial score (nSPS) is 15.4. The quantitative estimate of drug-likeness (QED) is 0.398. The minimum absolute atomic E-state index is 0.0394. The predicted molar refractivity (Wildman–Crippen MR) is 151 cm³/mol. The molecule has 0 bridgehead atoms. The molecule has 1 aromatic heterocycles. The van der Waals surface area contributed by atoms with Crippen LogP contribution in [-0.2, 0) is 22.9 Å². The SMILES string of the molecule is COc1ccc(NC(=O)c2c(NC(=O)c3ccc(OC)c(S(=O)(=O)N4CCCC4)c3)sc3c2CCCC3)cc1. The fraction of sp³-hybridized carbons (Fsp3) is 0.357. The molecule has 2 N–H and O–H groups in total. The highest BCUT2D eigenvalue weighted by atomic mass is 32.2. The van der Waals surface area contributed by atoms with Crippen LogP contribution in [0.5, 0.6) is 11.5 Å². The van der Waals surface area contributed by atoms with E-state index in [1.165, 1.54) is 41.0 Å². The van der Waals surface area contributed by atoms with Gasteiger partial charge >= 0.3 is 0 Å². The molecule has 39 heavy (non-hydrogen) atoms. The zero-order valence-electron chi connectivity index (χ0n) is 21.9. The Labute approximate surface area is 232 Å². The topological polar surface area (TPSA) is 114 Å². The summed E-state index contributed by atoms with van der Waals surface area (Å²) in [5, 5.41) is 6.29. The predicted octanol–water partition coefficient (Wildman–Crippen LogP) is 4.93. The van der Waals surface area contributed by atoms with E-state index in [0.717, 1.165) is 49.0 Å². The largest absolute Gasteiger partial charge is 0.497 e. The summed E-state index contributed by atoms with van der Waals surface area (Å²) in [4.78, 5) is 27.9. The van der Waals surface area contributed by atoms with Gasteiger partial charge in [-0.3, -0.25) is 9.59 Å². The molecule has 1 saturated heterocycles. The Morgan fingerprint density at radius 2 is 1.59 bits per heavy atom. The Hall–Kier alpha value is -3.41. The van der Waals surface area contributed by atoms with Crippen LogP contribution in [0.4, 0.5) is 10.7 Å². The Balaban J connectivity index is 1.44. The summed E-state index contributed by atoms with van der Waals surface area (Å²) in [6.07, 6.45) is 5.19. The van der Waals surface area contributed by atoms with Gasteiger partial charge in [0.25, 0.3) is 11.8 Å². The van der Waals surface area contributed by atoms with E-state index in [4.69, 9.17) is 9.47 Å². The van der Waals surface area contributed by atoms with E-state index in [1.54, 1.807) is 31.4 Å². The van der Waals surface area contributed by atoms with Crippen molar-refractivity contribution in [3.63, 3.8) is 0 Å². The molecular formula is C28H31N3O6S2. The number of methoxy groups -OCH3 is 2. The third-order valence-electron chi connectivity index (χ3n) is 7.08. The summed E-state index contributed by atoms with van der Waals surface area (Å²) in [5.41, 5.74) is 2.19. The van der Waals surface area contributed by atoms with Crippen molar-refractivity contribution in [1.29, 1.82) is 0 Å². The number of fused-ring (bicyclic) bond motifs is 1. The van der Waals surface area contributed by atoms with Crippen molar-refractivity contribution in [3.8, 4) is 11.5 Å². The number of amides is 2. The lowest BCUT2D eigenvalue weighted by Gasteiger charge is -2.18. The van der Waals surface area contributed by atoms with Crippen LogP contribution in [0.15, 0.2) is 47.4 Å². The van der Waals surface area contributed by atoms with E-state index in [-0.39, 0.29) is 22.1 Å². The zero-order valence-corrected chi connectivity index (χ0v) is 23.5. The van der Waals surface area contributed by atoms with Crippen LogP contribution in [0.3, 0.4) is 0 Å². The number of nitrogens with one attached hydrogen (secondary N) is 2. The van der Waals surface area contributed by atoms with Gasteiger partial charge in [0.2, 0.25) is 10.0 Å². The number of ether oxygens (including phenoxy) is 2. The average Bonchev–Trinajstić information content (AvgIpc) is 3.62. The van der Waals surface area contributed by atoms with E-state index in [2.05, 4.69) is 10.6 Å². The average molecular weight is 570 g/mol. The molecular weight excluding hydrogens is 538 g/mol. The van der Waals surface area contributed by atoms with Crippen molar-refractivity contribution in [3.05, 3.63) is 64.0 Å².